The van der Waals surface area contributed by atoms with Crippen molar-refractivity contribution in [1.29, 1.82) is 0 Å². The van der Waals surface area contributed by atoms with Gasteiger partial charge in [0.15, 0.2) is 0 Å². The fraction of sp³-hybridized carbons (Fsp3) is 0.111. The van der Waals surface area contributed by atoms with Gasteiger partial charge in [0.25, 0.3) is 0 Å². The van der Waals surface area contributed by atoms with Gasteiger partial charge in [-0.2, -0.15) is 0 Å². The van der Waals surface area contributed by atoms with Crippen LogP contribution in [0.25, 0.3) is 21.8 Å². The van der Waals surface area contributed by atoms with Gasteiger partial charge in [-0.1, -0.05) is 0 Å². The highest BCUT2D eigenvalue weighted by Gasteiger charge is 2.11. The van der Waals surface area contributed by atoms with Gasteiger partial charge in [-0.05, 0) is 30.3 Å². The van der Waals surface area contributed by atoms with E-state index >= 15 is 0 Å². The fourth-order valence-electron chi connectivity index (χ4n) is 2.75. The average Bonchev–Trinajstić information content (AvgIpc) is 3.09. The molecule has 2 heterocycles. The van der Waals surface area contributed by atoms with Gasteiger partial charge in [0.1, 0.15) is 29.2 Å². The summed E-state index contributed by atoms with van der Waals surface area (Å²) in [4.78, 5) is 11.9. The van der Waals surface area contributed by atoms with E-state index in [9.17, 15) is 0 Å². The zero-order chi connectivity index (χ0) is 16.5. The summed E-state index contributed by atoms with van der Waals surface area (Å²) < 4.78 is 10.8. The maximum Gasteiger partial charge on any atom is 0.148 e. The molecule has 0 saturated heterocycles. The molecule has 0 fully saturated rings. The zero-order valence-corrected chi connectivity index (χ0v) is 13.3. The molecule has 0 bridgehead atoms. The first-order chi connectivity index (χ1) is 11.8. The van der Waals surface area contributed by atoms with Crippen molar-refractivity contribution in [1.82, 2.24) is 15.0 Å². The van der Waals surface area contributed by atoms with Crippen molar-refractivity contribution in [3.05, 3.63) is 48.9 Å². The number of rotatable bonds is 4. The van der Waals surface area contributed by atoms with Gasteiger partial charge >= 0.3 is 0 Å². The van der Waals surface area contributed by atoms with E-state index in [1.807, 2.05) is 36.5 Å². The largest absolute Gasteiger partial charge is 0.497 e. The van der Waals surface area contributed by atoms with Gasteiger partial charge in [0, 0.05) is 28.9 Å². The Balaban J connectivity index is 1.83. The molecule has 0 amide bonds. The summed E-state index contributed by atoms with van der Waals surface area (Å²) in [7, 11) is 3.24. The van der Waals surface area contributed by atoms with Crippen LogP contribution in [0, 0.1) is 0 Å². The van der Waals surface area contributed by atoms with Crippen LogP contribution in [0.15, 0.2) is 48.9 Å². The Morgan fingerprint density at radius 2 is 1.92 bits per heavy atom. The molecule has 6 nitrogen and oxygen atoms in total. The molecule has 0 aliphatic carbocycles. The highest BCUT2D eigenvalue weighted by atomic mass is 16.5. The van der Waals surface area contributed by atoms with Crippen molar-refractivity contribution in [2.45, 2.75) is 0 Å². The van der Waals surface area contributed by atoms with Crippen LogP contribution in [0.3, 0.4) is 0 Å². The summed E-state index contributed by atoms with van der Waals surface area (Å²) in [6, 6.07) is 11.8. The van der Waals surface area contributed by atoms with E-state index in [1.165, 1.54) is 6.33 Å². The molecule has 120 valence electrons. The number of hydrogen-bond donors (Lipinski definition) is 2. The Morgan fingerprint density at radius 3 is 2.75 bits per heavy atom. The smallest absolute Gasteiger partial charge is 0.148 e. The van der Waals surface area contributed by atoms with E-state index in [1.54, 1.807) is 14.2 Å². The lowest BCUT2D eigenvalue weighted by molar-refractivity contribution is 0.397. The predicted molar refractivity (Wildman–Crippen MR) is 94.2 cm³/mol. The summed E-state index contributed by atoms with van der Waals surface area (Å²) in [6.45, 7) is 0. The maximum absolute atomic E-state index is 5.42. The molecule has 4 rings (SSSR count). The van der Waals surface area contributed by atoms with Gasteiger partial charge in [-0.15, -0.1) is 0 Å². The minimum absolute atomic E-state index is 0.649. The van der Waals surface area contributed by atoms with Gasteiger partial charge in [0.2, 0.25) is 0 Å². The number of nitrogens with one attached hydrogen (secondary N) is 2. The molecule has 0 radical (unpaired) electrons. The van der Waals surface area contributed by atoms with E-state index in [0.717, 1.165) is 27.5 Å². The van der Waals surface area contributed by atoms with Crippen molar-refractivity contribution in [3.63, 3.8) is 0 Å². The molecular weight excluding hydrogens is 304 g/mol. The predicted octanol–water partition coefficient (Wildman–Crippen LogP) is 3.87. The van der Waals surface area contributed by atoms with Crippen LogP contribution in [0.4, 0.5) is 11.5 Å². The molecule has 6 heteroatoms. The summed E-state index contributed by atoms with van der Waals surface area (Å²) in [5, 5.41) is 5.32. The van der Waals surface area contributed by atoms with Crippen LogP contribution in [0.2, 0.25) is 0 Å². The molecule has 0 unspecified atom stereocenters. The monoisotopic (exact) mass is 320 g/mol. The molecule has 0 aliphatic heterocycles. The quantitative estimate of drug-likeness (QED) is 0.597. The van der Waals surface area contributed by atoms with Crippen molar-refractivity contribution < 1.29 is 9.47 Å². The highest BCUT2D eigenvalue weighted by molar-refractivity contribution is 5.96. The number of nitrogens with zero attached hydrogens (tertiary/aromatic N) is 2. The number of aromatic nitrogens is 3. The Labute approximate surface area is 138 Å². The number of ether oxygens (including phenoxy) is 2. The zero-order valence-electron chi connectivity index (χ0n) is 13.3. The second-order valence-corrected chi connectivity index (χ2v) is 5.35. The molecule has 0 spiro atoms. The van der Waals surface area contributed by atoms with Crippen molar-refractivity contribution in [2.75, 3.05) is 19.5 Å². The minimum atomic E-state index is 0.649. The van der Waals surface area contributed by atoms with Crippen molar-refractivity contribution >= 4 is 33.3 Å². The van der Waals surface area contributed by atoms with Crippen LogP contribution < -0.4 is 14.8 Å². The van der Waals surface area contributed by atoms with E-state index in [-0.39, 0.29) is 0 Å². The Morgan fingerprint density at radius 1 is 1.00 bits per heavy atom. The highest BCUT2D eigenvalue weighted by Crippen LogP contribution is 2.34. The van der Waals surface area contributed by atoms with E-state index < -0.39 is 0 Å². The molecule has 0 aliphatic rings. The van der Waals surface area contributed by atoms with Crippen LogP contribution in [0.5, 0.6) is 11.5 Å². The first-order valence-electron chi connectivity index (χ1n) is 7.49. The second-order valence-electron chi connectivity index (χ2n) is 5.35. The number of methoxy groups -OCH3 is 2. The lowest BCUT2D eigenvalue weighted by Crippen LogP contribution is -1.98. The third-order valence-corrected chi connectivity index (χ3v) is 3.95. The number of aromatic amines is 1. The van der Waals surface area contributed by atoms with Crippen molar-refractivity contribution in [3.8, 4) is 11.5 Å². The van der Waals surface area contributed by atoms with Gasteiger partial charge in [-0.25, -0.2) is 9.97 Å². The summed E-state index contributed by atoms with van der Waals surface area (Å²) in [5.41, 5.74) is 2.78. The number of fused-ring (bicyclic) bond motifs is 2. The number of benzene rings is 2. The standard InChI is InChI=1S/C18H16N4O2/c1-23-13-8-14-17(16(9-13)24-2)20-10-21-18(14)22-12-3-4-15-11(7-12)5-6-19-15/h3-10,19H,1-2H3,(H,20,21,22). The molecular formula is C18H16N4O2. The van der Waals surface area contributed by atoms with Gasteiger partial charge in [0.05, 0.1) is 19.6 Å². The third kappa shape index (κ3) is 2.38. The molecule has 24 heavy (non-hydrogen) atoms. The summed E-state index contributed by atoms with van der Waals surface area (Å²) in [6.07, 6.45) is 3.44. The normalized spacial score (nSPS) is 10.9. The topological polar surface area (TPSA) is 72.1 Å². The first kappa shape index (κ1) is 14.3. The van der Waals surface area contributed by atoms with Gasteiger partial charge in [-0.3, -0.25) is 0 Å². The van der Waals surface area contributed by atoms with Crippen LogP contribution >= 0.6 is 0 Å². The van der Waals surface area contributed by atoms with E-state index in [2.05, 4.69) is 26.3 Å². The molecule has 2 N–H and O–H groups in total. The Hall–Kier alpha value is -3.28. The molecule has 0 atom stereocenters. The SMILES string of the molecule is COc1cc(OC)c2ncnc(Nc3ccc4[nH]ccc4c3)c2c1. The number of anilines is 2. The molecule has 0 saturated carbocycles. The van der Waals surface area contributed by atoms with Crippen molar-refractivity contribution in [2.24, 2.45) is 0 Å². The molecule has 2 aromatic heterocycles. The molecule has 4 aromatic rings. The molecule has 2 aromatic carbocycles. The summed E-state index contributed by atoms with van der Waals surface area (Å²) >= 11 is 0. The fourth-order valence-corrected chi connectivity index (χ4v) is 2.75. The number of hydrogen-bond acceptors (Lipinski definition) is 5. The average molecular weight is 320 g/mol. The summed E-state index contributed by atoms with van der Waals surface area (Å²) in [5.74, 6) is 2.04. The second kappa shape index (κ2) is 5.73. The van der Waals surface area contributed by atoms with Crippen LogP contribution in [-0.4, -0.2) is 29.2 Å². The van der Waals surface area contributed by atoms with E-state index in [0.29, 0.717) is 17.3 Å². The Kier molecular flexibility index (Phi) is 3.42. The van der Waals surface area contributed by atoms with Crippen LogP contribution in [0.1, 0.15) is 0 Å². The first-order valence-corrected chi connectivity index (χ1v) is 7.49. The maximum atomic E-state index is 5.42. The lowest BCUT2D eigenvalue weighted by Gasteiger charge is -2.12. The van der Waals surface area contributed by atoms with Crippen LogP contribution in [-0.2, 0) is 0 Å². The number of H-pyrrole nitrogens is 1. The third-order valence-electron chi connectivity index (χ3n) is 3.95. The minimum Gasteiger partial charge on any atom is -0.497 e. The van der Waals surface area contributed by atoms with E-state index in [4.69, 9.17) is 9.47 Å². The lowest BCUT2D eigenvalue weighted by atomic mass is 10.2. The van der Waals surface area contributed by atoms with Gasteiger partial charge < -0.3 is 19.8 Å². The Bertz CT molecular complexity index is 1030.